The fourth-order valence-electron chi connectivity index (χ4n) is 3.49. The highest BCUT2D eigenvalue weighted by Crippen LogP contribution is 2.44. The average Bonchev–Trinajstić information content (AvgIpc) is 3.16. The van der Waals surface area contributed by atoms with Crippen LogP contribution in [0.1, 0.15) is 28.2 Å². The van der Waals surface area contributed by atoms with Crippen molar-refractivity contribution in [1.29, 1.82) is 0 Å². The zero-order chi connectivity index (χ0) is 22.7. The lowest BCUT2D eigenvalue weighted by molar-refractivity contribution is -0.115. The van der Waals surface area contributed by atoms with Crippen molar-refractivity contribution in [1.82, 2.24) is 0 Å². The number of carbonyl (C=O) groups excluding carboxylic acids is 2. The Balaban J connectivity index is 1.63. The third-order valence-corrected chi connectivity index (χ3v) is 6.69. The molecular formula is C24H20Cl2N2O3S. The Morgan fingerprint density at radius 3 is 2.59 bits per heavy atom. The van der Waals surface area contributed by atoms with Gasteiger partial charge in [0.25, 0.3) is 5.91 Å². The van der Waals surface area contributed by atoms with E-state index in [-0.39, 0.29) is 22.2 Å². The fourth-order valence-corrected chi connectivity index (χ4v) is 5.20. The van der Waals surface area contributed by atoms with Crippen molar-refractivity contribution in [3.8, 4) is 5.75 Å². The van der Waals surface area contributed by atoms with Gasteiger partial charge in [0.2, 0.25) is 5.91 Å². The van der Waals surface area contributed by atoms with E-state index in [9.17, 15) is 9.59 Å². The third kappa shape index (κ3) is 4.72. The van der Waals surface area contributed by atoms with Crippen molar-refractivity contribution >= 4 is 58.2 Å². The summed E-state index contributed by atoms with van der Waals surface area (Å²) in [6, 6.07) is 19.6. The van der Waals surface area contributed by atoms with Crippen LogP contribution in [-0.2, 0) is 4.79 Å². The van der Waals surface area contributed by atoms with Crippen LogP contribution in [-0.4, -0.2) is 24.2 Å². The second kappa shape index (κ2) is 9.86. The number of carbonyl (C=O) groups is 2. The van der Waals surface area contributed by atoms with Crippen LogP contribution in [0.3, 0.4) is 0 Å². The molecule has 2 amide bonds. The third-order valence-electron chi connectivity index (χ3n) is 4.94. The SMILES string of the molecule is CCOc1ccc(N2C(=O)CSC2c2ccccc2NC(=O)c2ccc(Cl)cc2Cl)cc1. The number of hydrogen-bond acceptors (Lipinski definition) is 4. The molecular weight excluding hydrogens is 467 g/mol. The Morgan fingerprint density at radius 2 is 1.88 bits per heavy atom. The first-order chi connectivity index (χ1) is 15.5. The van der Waals surface area contributed by atoms with Gasteiger partial charge in [-0.1, -0.05) is 41.4 Å². The van der Waals surface area contributed by atoms with Crippen molar-refractivity contribution in [2.24, 2.45) is 0 Å². The number of nitrogens with one attached hydrogen (secondary N) is 1. The molecule has 32 heavy (non-hydrogen) atoms. The van der Waals surface area contributed by atoms with E-state index in [2.05, 4.69) is 5.32 Å². The van der Waals surface area contributed by atoms with Gasteiger partial charge in [-0.25, -0.2) is 0 Å². The smallest absolute Gasteiger partial charge is 0.257 e. The lowest BCUT2D eigenvalue weighted by Crippen LogP contribution is -2.28. The molecule has 0 saturated carbocycles. The molecule has 164 valence electrons. The lowest BCUT2D eigenvalue weighted by Gasteiger charge is -2.26. The summed E-state index contributed by atoms with van der Waals surface area (Å²) < 4.78 is 5.51. The molecule has 4 rings (SSSR count). The van der Waals surface area contributed by atoms with Crippen LogP contribution in [0.25, 0.3) is 0 Å². The molecule has 1 heterocycles. The highest BCUT2D eigenvalue weighted by Gasteiger charge is 2.35. The van der Waals surface area contributed by atoms with Gasteiger partial charge in [-0.2, -0.15) is 0 Å². The number of nitrogens with zero attached hydrogens (tertiary/aromatic N) is 1. The minimum Gasteiger partial charge on any atom is -0.494 e. The molecule has 8 heteroatoms. The highest BCUT2D eigenvalue weighted by atomic mass is 35.5. The maximum absolute atomic E-state index is 12.9. The highest BCUT2D eigenvalue weighted by molar-refractivity contribution is 8.00. The predicted molar refractivity (Wildman–Crippen MR) is 131 cm³/mol. The molecule has 3 aromatic rings. The summed E-state index contributed by atoms with van der Waals surface area (Å²) in [5, 5.41) is 3.39. The topological polar surface area (TPSA) is 58.6 Å². The van der Waals surface area contributed by atoms with Crippen LogP contribution in [0.4, 0.5) is 11.4 Å². The Bertz CT molecular complexity index is 1150. The molecule has 1 fully saturated rings. The summed E-state index contributed by atoms with van der Waals surface area (Å²) in [4.78, 5) is 27.4. The molecule has 5 nitrogen and oxygen atoms in total. The Hall–Kier alpha value is -2.67. The second-order valence-electron chi connectivity index (χ2n) is 7.02. The molecule has 1 aliphatic heterocycles. The first-order valence-electron chi connectivity index (χ1n) is 9.99. The number of hydrogen-bond donors (Lipinski definition) is 1. The Morgan fingerprint density at radius 1 is 1.12 bits per heavy atom. The number of halogens is 2. The van der Waals surface area contributed by atoms with Gasteiger partial charge in [0.1, 0.15) is 11.1 Å². The van der Waals surface area contributed by atoms with Gasteiger partial charge in [0.15, 0.2) is 0 Å². The van der Waals surface area contributed by atoms with E-state index in [1.165, 1.54) is 17.8 Å². The second-order valence-corrected chi connectivity index (χ2v) is 8.93. The van der Waals surface area contributed by atoms with Crippen LogP contribution < -0.4 is 15.0 Å². The number of amides is 2. The predicted octanol–water partition coefficient (Wildman–Crippen LogP) is 6.42. The summed E-state index contributed by atoms with van der Waals surface area (Å²) in [7, 11) is 0. The number of benzene rings is 3. The molecule has 1 saturated heterocycles. The van der Waals surface area contributed by atoms with E-state index in [0.717, 1.165) is 17.0 Å². The number of anilines is 2. The van der Waals surface area contributed by atoms with Gasteiger partial charge in [0.05, 0.1) is 22.9 Å². The molecule has 1 N–H and O–H groups in total. The van der Waals surface area contributed by atoms with Crippen LogP contribution in [0.5, 0.6) is 5.75 Å². The summed E-state index contributed by atoms with van der Waals surface area (Å²) in [5.74, 6) is 0.759. The van der Waals surface area contributed by atoms with Crippen LogP contribution in [0, 0.1) is 0 Å². The van der Waals surface area contributed by atoms with Gasteiger partial charge in [-0.05, 0) is 55.5 Å². The molecule has 0 aliphatic carbocycles. The molecule has 0 spiro atoms. The minimum atomic E-state index is -0.346. The van der Waals surface area contributed by atoms with Crippen molar-refractivity contribution in [2.45, 2.75) is 12.3 Å². The summed E-state index contributed by atoms with van der Waals surface area (Å²) in [6.07, 6.45) is 0. The van der Waals surface area contributed by atoms with E-state index >= 15 is 0 Å². The van der Waals surface area contributed by atoms with Crippen LogP contribution in [0.2, 0.25) is 10.0 Å². The summed E-state index contributed by atoms with van der Waals surface area (Å²) >= 11 is 13.7. The fraction of sp³-hybridized carbons (Fsp3) is 0.167. The van der Waals surface area contributed by atoms with E-state index in [1.807, 2.05) is 55.5 Å². The zero-order valence-corrected chi connectivity index (χ0v) is 19.5. The van der Waals surface area contributed by atoms with Crippen molar-refractivity contribution in [3.63, 3.8) is 0 Å². The molecule has 1 aliphatic rings. The molecule has 0 aromatic heterocycles. The lowest BCUT2D eigenvalue weighted by atomic mass is 10.1. The van der Waals surface area contributed by atoms with Crippen molar-refractivity contribution < 1.29 is 14.3 Å². The monoisotopic (exact) mass is 486 g/mol. The van der Waals surface area contributed by atoms with Gasteiger partial charge < -0.3 is 10.1 Å². The van der Waals surface area contributed by atoms with E-state index < -0.39 is 0 Å². The van der Waals surface area contributed by atoms with E-state index in [1.54, 1.807) is 17.0 Å². The molecule has 3 aromatic carbocycles. The maximum atomic E-state index is 12.9. The van der Waals surface area contributed by atoms with Gasteiger partial charge >= 0.3 is 0 Å². The number of rotatable bonds is 6. The first kappa shape index (κ1) is 22.5. The van der Waals surface area contributed by atoms with Crippen LogP contribution in [0.15, 0.2) is 66.7 Å². The van der Waals surface area contributed by atoms with Crippen molar-refractivity contribution in [3.05, 3.63) is 87.9 Å². The summed E-state index contributed by atoms with van der Waals surface area (Å²) in [5.41, 5.74) is 2.54. The van der Waals surface area contributed by atoms with Gasteiger partial charge in [-0.15, -0.1) is 11.8 Å². The van der Waals surface area contributed by atoms with Gasteiger partial charge in [-0.3, -0.25) is 14.5 Å². The largest absolute Gasteiger partial charge is 0.494 e. The minimum absolute atomic E-state index is 0.00559. The quantitative estimate of drug-likeness (QED) is 0.436. The summed E-state index contributed by atoms with van der Waals surface area (Å²) in [6.45, 7) is 2.50. The normalized spacial score (nSPS) is 15.7. The molecule has 0 radical (unpaired) electrons. The van der Waals surface area contributed by atoms with Gasteiger partial charge in [0, 0.05) is 22.0 Å². The molecule has 1 atom stereocenters. The standard InChI is InChI=1S/C24H20Cl2N2O3S/c1-2-31-17-10-8-16(9-11-17)28-22(29)14-32-24(28)19-5-3-4-6-21(19)27-23(30)18-12-7-15(25)13-20(18)26/h3-13,24H,2,14H2,1H3,(H,27,30). The maximum Gasteiger partial charge on any atom is 0.257 e. The zero-order valence-electron chi connectivity index (χ0n) is 17.2. The van der Waals surface area contributed by atoms with E-state index in [0.29, 0.717) is 28.6 Å². The van der Waals surface area contributed by atoms with Crippen LogP contribution >= 0.6 is 35.0 Å². The Labute approximate surface area is 200 Å². The number of thioether (sulfide) groups is 1. The van der Waals surface area contributed by atoms with Crippen molar-refractivity contribution in [2.75, 3.05) is 22.6 Å². The Kier molecular flexibility index (Phi) is 6.94. The number of ether oxygens (including phenoxy) is 1. The average molecular weight is 487 g/mol. The first-order valence-corrected chi connectivity index (χ1v) is 11.8. The molecule has 1 unspecified atom stereocenters. The number of para-hydroxylation sites is 1. The van der Waals surface area contributed by atoms with E-state index in [4.69, 9.17) is 27.9 Å². The molecule has 0 bridgehead atoms.